The molecule has 0 spiro atoms. The molecule has 2 saturated carbocycles. The second-order valence-electron chi connectivity index (χ2n) is 23.2. The van der Waals surface area contributed by atoms with Crippen molar-refractivity contribution in [2.45, 2.75) is 179 Å². The number of Topliss-reactive ketones (excluding diaryl/α,β-unsaturated/α-hetero) is 1. The zero-order valence-electron chi connectivity index (χ0n) is 48.8. The molecule has 17 heteroatoms. The minimum atomic E-state index is -2.78. The van der Waals surface area contributed by atoms with Crippen LogP contribution >= 0.6 is 0 Å². The third-order valence-corrected chi connectivity index (χ3v) is 28.3. The fraction of sp³-hybridized carbons (Fsp3) is 0.500. The summed E-state index contributed by atoms with van der Waals surface area (Å²) in [6.07, 6.45) is -8.73. The molecule has 8 rings (SSSR count). The molecule has 4 aliphatic rings. The third-order valence-electron chi connectivity index (χ3n) is 19.0. The van der Waals surface area contributed by atoms with Gasteiger partial charge in [-0.1, -0.05) is 140 Å². The highest BCUT2D eigenvalue weighted by Crippen LogP contribution is 2.65. The van der Waals surface area contributed by atoms with Gasteiger partial charge in [0.25, 0.3) is 5.91 Å². The molecule has 1 aliphatic heterocycles. The van der Waals surface area contributed by atoms with Crippen molar-refractivity contribution < 1.29 is 66.4 Å². The topological polar surface area (TPSA) is 199 Å². The lowest BCUT2D eigenvalue weighted by molar-refractivity contribution is -0.340. The van der Waals surface area contributed by atoms with Gasteiger partial charge in [0, 0.05) is 30.7 Å². The Morgan fingerprint density at radius 1 is 0.691 bits per heavy atom. The SMILES string of the molecule is CC[Si](CC)(CC)O[C@H]1C[C@H]2OC[C@@]2(OC(=O)c2ccccc2)[C@H]2[C@H](OC(=O)c3ccccc3)[C@]3(O)C[C@H](OC(=O)[C@H](O[Si](CC)(CC)CC)[C@@H](NC(=O)c4ccccc4)c4ccccc4)C(C)=C([C@@H](OC(C)=O)C(=O)[C@]12C)C3(C)C. The summed E-state index contributed by atoms with van der Waals surface area (Å²) in [5, 5.41) is 17.8. The molecule has 434 valence electrons. The van der Waals surface area contributed by atoms with Gasteiger partial charge >= 0.3 is 23.9 Å². The van der Waals surface area contributed by atoms with E-state index in [1.165, 1.54) is 6.92 Å². The maximum atomic E-state index is 16.9. The second kappa shape index (κ2) is 24.4. The van der Waals surface area contributed by atoms with Gasteiger partial charge in [-0.15, -0.1) is 0 Å². The van der Waals surface area contributed by atoms with Crippen LogP contribution in [0.1, 0.15) is 132 Å². The van der Waals surface area contributed by atoms with Crippen LogP contribution in [0.4, 0.5) is 0 Å². The number of nitrogens with one attached hydrogen (secondary N) is 1. The van der Waals surface area contributed by atoms with Gasteiger partial charge < -0.3 is 43.0 Å². The zero-order chi connectivity index (χ0) is 58.7. The number of benzene rings is 4. The molecule has 0 unspecified atom stereocenters. The fourth-order valence-electron chi connectivity index (χ4n) is 13.5. The number of esters is 4. The van der Waals surface area contributed by atoms with Gasteiger partial charge in [0.1, 0.15) is 23.9 Å². The van der Waals surface area contributed by atoms with Gasteiger partial charge in [-0.05, 0) is 103 Å². The lowest BCUT2D eigenvalue weighted by Crippen LogP contribution is -2.82. The molecule has 15 nitrogen and oxygen atoms in total. The molecule has 0 radical (unpaired) electrons. The van der Waals surface area contributed by atoms with Gasteiger partial charge in [0.2, 0.25) is 0 Å². The highest BCUT2D eigenvalue weighted by Gasteiger charge is 2.79. The normalized spacial score (nSPS) is 27.6. The largest absolute Gasteiger partial charge is 0.456 e. The summed E-state index contributed by atoms with van der Waals surface area (Å²) >= 11 is 0. The van der Waals surface area contributed by atoms with E-state index in [0.29, 0.717) is 53.0 Å². The Hall–Kier alpha value is -6.09. The molecular formula is C64H81NO14Si2. The van der Waals surface area contributed by atoms with Crippen LogP contribution in [0.25, 0.3) is 0 Å². The molecule has 81 heavy (non-hydrogen) atoms. The van der Waals surface area contributed by atoms with Crippen LogP contribution in [0.2, 0.25) is 36.3 Å². The predicted octanol–water partition coefficient (Wildman–Crippen LogP) is 11.1. The first-order valence-electron chi connectivity index (χ1n) is 28.9. The molecule has 0 aromatic heterocycles. The number of aliphatic hydroxyl groups is 1. The quantitative estimate of drug-likeness (QED) is 0.0345. The van der Waals surface area contributed by atoms with Crippen molar-refractivity contribution in [2.24, 2.45) is 16.7 Å². The van der Waals surface area contributed by atoms with Crippen LogP contribution in [-0.4, -0.2) is 112 Å². The predicted molar refractivity (Wildman–Crippen MR) is 310 cm³/mol. The maximum Gasteiger partial charge on any atom is 0.338 e. The molecule has 1 amide bonds. The summed E-state index contributed by atoms with van der Waals surface area (Å²) < 4.78 is 48.0. The molecule has 3 fully saturated rings. The van der Waals surface area contributed by atoms with Crippen LogP contribution < -0.4 is 5.32 Å². The van der Waals surface area contributed by atoms with Crippen molar-refractivity contribution >= 4 is 52.2 Å². The highest BCUT2D eigenvalue weighted by molar-refractivity contribution is 6.74. The average Bonchev–Trinajstić information content (AvgIpc) is 2.42. The van der Waals surface area contributed by atoms with Gasteiger partial charge in [0.05, 0.1) is 41.2 Å². The van der Waals surface area contributed by atoms with Crippen molar-refractivity contribution in [3.8, 4) is 0 Å². The van der Waals surface area contributed by atoms with Crippen molar-refractivity contribution in [1.82, 2.24) is 5.32 Å². The first-order valence-corrected chi connectivity index (χ1v) is 33.9. The highest BCUT2D eigenvalue weighted by atomic mass is 28.4. The first kappa shape index (κ1) is 61.0. The number of carbonyl (C=O) groups is 6. The number of rotatable bonds is 21. The molecule has 1 heterocycles. The van der Waals surface area contributed by atoms with E-state index in [1.807, 2.05) is 26.8 Å². The smallest absolute Gasteiger partial charge is 0.338 e. The van der Waals surface area contributed by atoms with E-state index >= 15 is 14.4 Å². The first-order chi connectivity index (χ1) is 38.6. The Kier molecular flexibility index (Phi) is 18.4. The minimum Gasteiger partial charge on any atom is -0.456 e. The Bertz CT molecular complexity index is 2930. The molecule has 2 N–H and O–H groups in total. The summed E-state index contributed by atoms with van der Waals surface area (Å²) in [7, 11) is -5.48. The van der Waals surface area contributed by atoms with Crippen molar-refractivity contribution in [3.05, 3.63) is 155 Å². The number of hydrogen-bond acceptors (Lipinski definition) is 14. The number of hydrogen-bond donors (Lipinski definition) is 2. The summed E-state index contributed by atoms with van der Waals surface area (Å²) in [5.74, 6) is -5.86. The van der Waals surface area contributed by atoms with Gasteiger partial charge in [-0.3, -0.25) is 14.4 Å². The molecule has 3 aliphatic carbocycles. The van der Waals surface area contributed by atoms with E-state index in [4.69, 9.17) is 32.5 Å². The summed E-state index contributed by atoms with van der Waals surface area (Å²) in [4.78, 5) is 90.7. The Labute approximate surface area is 479 Å². The molecule has 4 aromatic rings. The Morgan fingerprint density at radius 3 is 1.69 bits per heavy atom. The zero-order valence-corrected chi connectivity index (χ0v) is 50.8. The second-order valence-corrected chi connectivity index (χ2v) is 32.6. The standard InChI is InChI=1S/C64H81NO14Si2/c1-12-80(13-2,14-3)78-48-38-49-63(40-73-49,77-59(70)46-36-28-21-29-37-46)54-56(76-58(69)45-34-26-20-27-35-45)64(72)39-47(41(7)50(61(64,9)10)52(74-42(8)66)55(67)62(48,54)11)75-60(71)53(79-81(15-4,16-5)17-6)51(43-30-22-18-23-31-43)65-57(68)44-32-24-19-25-33-44/h18-37,47-49,51-54,56,72H,12-17,38-40H2,1-11H3,(H,65,68)/t47-,48-,49+,51-,52+,53+,54-,56-,62+,63-,64+/m0/s1. The van der Waals surface area contributed by atoms with Crippen LogP contribution in [0.3, 0.4) is 0 Å². The van der Waals surface area contributed by atoms with Gasteiger partial charge in [-0.25, -0.2) is 14.4 Å². The van der Waals surface area contributed by atoms with E-state index in [9.17, 15) is 19.5 Å². The lowest BCUT2D eigenvalue weighted by Gasteiger charge is -2.68. The van der Waals surface area contributed by atoms with E-state index in [2.05, 4.69) is 26.1 Å². The molecule has 4 aromatic carbocycles. The van der Waals surface area contributed by atoms with Gasteiger partial charge in [0.15, 0.2) is 40.2 Å². The average molecular weight is 1140 g/mol. The van der Waals surface area contributed by atoms with E-state index in [0.717, 1.165) is 0 Å². The number of fused-ring (bicyclic) bond motifs is 5. The minimum absolute atomic E-state index is 0.0602. The third kappa shape index (κ3) is 11.2. The molecular weight excluding hydrogens is 1060 g/mol. The number of ether oxygens (including phenoxy) is 5. The molecule has 1 saturated heterocycles. The van der Waals surface area contributed by atoms with Crippen molar-refractivity contribution in [2.75, 3.05) is 6.61 Å². The fourth-order valence-corrected chi connectivity index (χ4v) is 19.3. The number of amides is 1. The summed E-state index contributed by atoms with van der Waals surface area (Å²) in [6, 6.07) is 37.1. The molecule has 2 bridgehead atoms. The Balaban J connectivity index is 1.38. The molecule has 11 atom stereocenters. The maximum absolute atomic E-state index is 16.9. The van der Waals surface area contributed by atoms with E-state index in [-0.39, 0.29) is 29.7 Å². The van der Waals surface area contributed by atoms with Crippen LogP contribution in [0, 0.1) is 16.7 Å². The summed E-state index contributed by atoms with van der Waals surface area (Å²) in [5.41, 5.74) is -5.98. The monoisotopic (exact) mass is 1140 g/mol. The number of ketones is 1. The number of carbonyl (C=O) groups excluding carboxylic acids is 6. The van der Waals surface area contributed by atoms with E-state index < -0.39 is 129 Å². The van der Waals surface area contributed by atoms with Crippen LogP contribution in [-0.2, 0) is 46.9 Å². The van der Waals surface area contributed by atoms with Crippen molar-refractivity contribution in [3.63, 3.8) is 0 Å². The van der Waals surface area contributed by atoms with Gasteiger partial charge in [-0.2, -0.15) is 0 Å². The van der Waals surface area contributed by atoms with Crippen LogP contribution in [0.15, 0.2) is 132 Å². The van der Waals surface area contributed by atoms with Crippen LogP contribution in [0.5, 0.6) is 0 Å². The summed E-state index contributed by atoms with van der Waals surface area (Å²) in [6.45, 7) is 20.0. The van der Waals surface area contributed by atoms with Crippen molar-refractivity contribution in [1.29, 1.82) is 0 Å². The lowest BCUT2D eigenvalue weighted by atomic mass is 9.44. The van der Waals surface area contributed by atoms with E-state index in [1.54, 1.807) is 143 Å². The Morgan fingerprint density at radius 2 is 1.20 bits per heavy atom.